The minimum atomic E-state index is -0.125. The number of nitrogens with zero attached hydrogens (tertiary/aromatic N) is 2. The van der Waals surface area contributed by atoms with Crippen molar-refractivity contribution in [2.75, 3.05) is 44.6 Å². The van der Waals surface area contributed by atoms with Gasteiger partial charge in [0.15, 0.2) is 0 Å². The number of amides is 3. The molecular weight excluding hydrogens is 332 g/mol. The van der Waals surface area contributed by atoms with E-state index in [2.05, 4.69) is 10.6 Å². The van der Waals surface area contributed by atoms with Crippen LogP contribution in [0.15, 0.2) is 18.2 Å². The second-order valence-corrected chi connectivity index (χ2v) is 6.60. The Morgan fingerprint density at radius 1 is 1.00 bits per heavy atom. The van der Waals surface area contributed by atoms with Gasteiger partial charge in [-0.3, -0.25) is 19.3 Å². The molecule has 142 valence electrons. The summed E-state index contributed by atoms with van der Waals surface area (Å²) in [5, 5.41) is 5.59. The summed E-state index contributed by atoms with van der Waals surface area (Å²) in [7, 11) is 0. The van der Waals surface area contributed by atoms with Crippen molar-refractivity contribution in [1.82, 2.24) is 15.1 Å². The Morgan fingerprint density at radius 2 is 1.62 bits per heavy atom. The van der Waals surface area contributed by atoms with E-state index < -0.39 is 0 Å². The normalized spacial score (nSPS) is 14.8. The summed E-state index contributed by atoms with van der Waals surface area (Å²) in [5.41, 5.74) is 2.96. The summed E-state index contributed by atoms with van der Waals surface area (Å²) in [6, 6.07) is 5.92. The minimum Gasteiger partial charge on any atom is -0.347 e. The number of hydrogen-bond acceptors (Lipinski definition) is 4. The van der Waals surface area contributed by atoms with Crippen molar-refractivity contribution in [2.45, 2.75) is 27.2 Å². The first-order valence-electron chi connectivity index (χ1n) is 9.03. The maximum Gasteiger partial charge on any atom is 0.242 e. The molecule has 1 aliphatic heterocycles. The molecule has 0 spiro atoms. The molecule has 0 saturated carbocycles. The highest BCUT2D eigenvalue weighted by Gasteiger charge is 2.22. The number of carbonyl (C=O) groups excluding carboxylic acids is 3. The van der Waals surface area contributed by atoms with E-state index in [4.69, 9.17) is 0 Å². The number of nitrogens with one attached hydrogen (secondary N) is 2. The van der Waals surface area contributed by atoms with E-state index in [0.717, 1.165) is 16.8 Å². The SMILES string of the molecule is CCC(=O)NCC(=O)N1CCN(CC(=O)Nc2c(C)cccc2C)CC1. The first-order chi connectivity index (χ1) is 12.4. The average Bonchev–Trinajstić information content (AvgIpc) is 2.63. The van der Waals surface area contributed by atoms with Crippen molar-refractivity contribution in [1.29, 1.82) is 0 Å². The fraction of sp³-hybridized carbons (Fsp3) is 0.526. The van der Waals surface area contributed by atoms with Gasteiger partial charge in [0.1, 0.15) is 0 Å². The molecule has 1 aromatic rings. The monoisotopic (exact) mass is 360 g/mol. The number of piperazine rings is 1. The molecule has 0 unspecified atom stereocenters. The van der Waals surface area contributed by atoms with Crippen LogP contribution in [0.1, 0.15) is 24.5 Å². The molecule has 1 fully saturated rings. The summed E-state index contributed by atoms with van der Waals surface area (Å²) in [6.07, 6.45) is 0.372. The fourth-order valence-corrected chi connectivity index (χ4v) is 2.96. The highest BCUT2D eigenvalue weighted by Crippen LogP contribution is 2.19. The smallest absolute Gasteiger partial charge is 0.242 e. The number of para-hydroxylation sites is 1. The van der Waals surface area contributed by atoms with Crippen LogP contribution in [0.2, 0.25) is 0 Å². The van der Waals surface area contributed by atoms with Crippen molar-refractivity contribution < 1.29 is 14.4 Å². The molecule has 0 bridgehead atoms. The van der Waals surface area contributed by atoms with Gasteiger partial charge in [0.25, 0.3) is 0 Å². The predicted octanol–water partition coefficient (Wildman–Crippen LogP) is 0.912. The summed E-state index contributed by atoms with van der Waals surface area (Å²) < 4.78 is 0. The number of rotatable bonds is 6. The summed E-state index contributed by atoms with van der Waals surface area (Å²) >= 11 is 0. The fourth-order valence-electron chi connectivity index (χ4n) is 2.96. The Labute approximate surface area is 154 Å². The molecule has 1 heterocycles. The van der Waals surface area contributed by atoms with Crippen LogP contribution in [-0.4, -0.2) is 66.8 Å². The van der Waals surface area contributed by atoms with Gasteiger partial charge >= 0.3 is 0 Å². The van der Waals surface area contributed by atoms with Crippen molar-refractivity contribution in [3.8, 4) is 0 Å². The maximum absolute atomic E-state index is 12.3. The lowest BCUT2D eigenvalue weighted by molar-refractivity contribution is -0.134. The van der Waals surface area contributed by atoms with Gasteiger partial charge in [-0.2, -0.15) is 0 Å². The highest BCUT2D eigenvalue weighted by molar-refractivity contribution is 5.93. The van der Waals surface area contributed by atoms with Crippen LogP contribution in [0.3, 0.4) is 0 Å². The van der Waals surface area contributed by atoms with Crippen molar-refractivity contribution >= 4 is 23.4 Å². The van der Waals surface area contributed by atoms with Crippen LogP contribution in [0.25, 0.3) is 0 Å². The molecule has 0 atom stereocenters. The molecule has 7 nitrogen and oxygen atoms in total. The maximum atomic E-state index is 12.3. The standard InChI is InChI=1S/C19H28N4O3/c1-4-16(24)20-12-18(26)23-10-8-22(9-11-23)13-17(25)21-19-14(2)6-5-7-15(19)3/h5-7H,4,8-13H2,1-3H3,(H,20,24)(H,21,25). The zero-order valence-electron chi connectivity index (χ0n) is 15.8. The number of benzene rings is 1. The first kappa shape index (κ1) is 19.9. The first-order valence-corrected chi connectivity index (χ1v) is 9.03. The number of anilines is 1. The summed E-state index contributed by atoms with van der Waals surface area (Å²) in [6.45, 7) is 8.48. The Morgan fingerprint density at radius 3 is 2.19 bits per heavy atom. The second kappa shape index (κ2) is 9.33. The van der Waals surface area contributed by atoms with Gasteiger partial charge in [0, 0.05) is 38.3 Å². The third-order valence-corrected chi connectivity index (χ3v) is 4.60. The molecule has 2 N–H and O–H groups in total. The van der Waals surface area contributed by atoms with Gasteiger partial charge in [-0.25, -0.2) is 0 Å². The lowest BCUT2D eigenvalue weighted by Crippen LogP contribution is -2.52. The number of carbonyl (C=O) groups is 3. The molecule has 0 aliphatic carbocycles. The van der Waals surface area contributed by atoms with Gasteiger partial charge in [-0.1, -0.05) is 25.1 Å². The zero-order valence-corrected chi connectivity index (χ0v) is 15.8. The molecule has 26 heavy (non-hydrogen) atoms. The molecule has 0 aromatic heterocycles. The van der Waals surface area contributed by atoms with Crippen LogP contribution in [0.4, 0.5) is 5.69 Å². The van der Waals surface area contributed by atoms with Crippen molar-refractivity contribution in [3.63, 3.8) is 0 Å². The molecule has 1 aliphatic rings. The lowest BCUT2D eigenvalue weighted by Gasteiger charge is -2.34. The van der Waals surface area contributed by atoms with Crippen LogP contribution in [0, 0.1) is 13.8 Å². The van der Waals surface area contributed by atoms with E-state index in [1.54, 1.807) is 11.8 Å². The molecule has 3 amide bonds. The van der Waals surface area contributed by atoms with E-state index in [0.29, 0.717) is 39.1 Å². The Balaban J connectivity index is 1.77. The molecule has 7 heteroatoms. The van der Waals surface area contributed by atoms with Crippen LogP contribution < -0.4 is 10.6 Å². The van der Waals surface area contributed by atoms with E-state index in [1.165, 1.54) is 0 Å². The topological polar surface area (TPSA) is 81.8 Å². The van der Waals surface area contributed by atoms with Gasteiger partial charge in [0.05, 0.1) is 13.1 Å². The minimum absolute atomic E-state index is 0.0414. The molecular formula is C19H28N4O3. The Bertz CT molecular complexity index is 646. The van der Waals surface area contributed by atoms with Gasteiger partial charge < -0.3 is 15.5 Å². The van der Waals surface area contributed by atoms with E-state index in [1.807, 2.05) is 36.9 Å². The van der Waals surface area contributed by atoms with Crippen molar-refractivity contribution in [2.24, 2.45) is 0 Å². The molecule has 0 radical (unpaired) electrons. The van der Waals surface area contributed by atoms with E-state index >= 15 is 0 Å². The quantitative estimate of drug-likeness (QED) is 0.790. The van der Waals surface area contributed by atoms with Gasteiger partial charge in [-0.05, 0) is 25.0 Å². The van der Waals surface area contributed by atoms with Crippen molar-refractivity contribution in [3.05, 3.63) is 29.3 Å². The summed E-state index contributed by atoms with van der Waals surface area (Å²) in [5.74, 6) is -0.246. The van der Waals surface area contributed by atoms with Crippen LogP contribution in [-0.2, 0) is 14.4 Å². The number of hydrogen-bond donors (Lipinski definition) is 2. The zero-order chi connectivity index (χ0) is 19.1. The highest BCUT2D eigenvalue weighted by atomic mass is 16.2. The van der Waals surface area contributed by atoms with Gasteiger partial charge in [-0.15, -0.1) is 0 Å². The predicted molar refractivity (Wildman–Crippen MR) is 101 cm³/mol. The molecule has 1 saturated heterocycles. The third kappa shape index (κ3) is 5.56. The third-order valence-electron chi connectivity index (χ3n) is 4.60. The van der Waals surface area contributed by atoms with Crippen LogP contribution >= 0.6 is 0 Å². The molecule has 1 aromatic carbocycles. The largest absolute Gasteiger partial charge is 0.347 e. The lowest BCUT2D eigenvalue weighted by atomic mass is 10.1. The number of aryl methyl sites for hydroxylation is 2. The Hall–Kier alpha value is -2.41. The van der Waals surface area contributed by atoms with Gasteiger partial charge in [0.2, 0.25) is 17.7 Å². The second-order valence-electron chi connectivity index (χ2n) is 6.60. The van der Waals surface area contributed by atoms with E-state index in [-0.39, 0.29) is 24.3 Å². The Kier molecular flexibility index (Phi) is 7.15. The van der Waals surface area contributed by atoms with E-state index in [9.17, 15) is 14.4 Å². The van der Waals surface area contributed by atoms with Crippen LogP contribution in [0.5, 0.6) is 0 Å². The molecule has 2 rings (SSSR count). The average molecular weight is 360 g/mol. The summed E-state index contributed by atoms with van der Waals surface area (Å²) in [4.78, 5) is 39.4.